The number of halogens is 3. The zero-order valence-corrected chi connectivity index (χ0v) is 23.3. The van der Waals surface area contributed by atoms with Crippen LogP contribution in [0.4, 0.5) is 13.2 Å². The van der Waals surface area contributed by atoms with Gasteiger partial charge >= 0.3 is 27.6 Å². The molecule has 15 heteroatoms. The molecule has 1 fully saturated rings. The maximum absolute atomic E-state index is 13.3. The second-order valence-electron chi connectivity index (χ2n) is 9.12. The Labute approximate surface area is 239 Å². The SMILES string of the molecule is COC(=O)[C@H]1O[C@H](OS(=O)(=O)C(F)(F)F)[C@@H](OCc2ccccc2)[C@@H](OCc2ccccc2)[C@@H]1OC(=O)CCC(C)=O. The van der Waals surface area contributed by atoms with Crippen molar-refractivity contribution in [3.8, 4) is 0 Å². The van der Waals surface area contributed by atoms with Gasteiger partial charge in [-0.1, -0.05) is 60.7 Å². The van der Waals surface area contributed by atoms with Gasteiger partial charge in [0.25, 0.3) is 0 Å². The van der Waals surface area contributed by atoms with Gasteiger partial charge in [-0.25, -0.2) is 8.98 Å². The Bertz CT molecular complexity index is 1300. The van der Waals surface area contributed by atoms with Crippen LogP contribution >= 0.6 is 0 Å². The summed E-state index contributed by atoms with van der Waals surface area (Å²) < 4.78 is 95.7. The summed E-state index contributed by atoms with van der Waals surface area (Å²) in [6.45, 7) is 0.723. The third-order valence-corrected chi connectivity index (χ3v) is 6.96. The zero-order valence-electron chi connectivity index (χ0n) is 22.5. The summed E-state index contributed by atoms with van der Waals surface area (Å²) in [5, 5.41) is 0. The molecule has 11 nitrogen and oxygen atoms in total. The summed E-state index contributed by atoms with van der Waals surface area (Å²) >= 11 is 0. The molecule has 0 bridgehead atoms. The van der Waals surface area contributed by atoms with Crippen LogP contribution in [0, 0.1) is 0 Å². The van der Waals surface area contributed by atoms with Crippen LogP contribution in [0.1, 0.15) is 30.9 Å². The topological polar surface area (TPSA) is 141 Å². The summed E-state index contributed by atoms with van der Waals surface area (Å²) in [5.41, 5.74) is -4.75. The van der Waals surface area contributed by atoms with Crippen LogP contribution in [-0.4, -0.2) is 69.5 Å². The highest BCUT2D eigenvalue weighted by Crippen LogP contribution is 2.35. The first-order valence-corrected chi connectivity index (χ1v) is 14.0. The lowest BCUT2D eigenvalue weighted by Gasteiger charge is -2.44. The maximum atomic E-state index is 13.3. The standard InChI is InChI=1S/C27H29F3O11S/c1-17(31)13-14-20(32)39-22-21(37-15-18-9-5-3-6-10-18)24(38-16-19-11-7-4-8-12-19)26(40-23(22)25(33)36-2)41-42(34,35)27(28,29)30/h3-12,21-24,26H,13-16H2,1-2H3/t21-,22-,23-,24-,26+/m0/s1. The minimum Gasteiger partial charge on any atom is -0.467 e. The van der Waals surface area contributed by atoms with Crippen molar-refractivity contribution in [2.24, 2.45) is 0 Å². The molecule has 1 aliphatic rings. The first-order chi connectivity index (χ1) is 19.8. The van der Waals surface area contributed by atoms with E-state index in [2.05, 4.69) is 8.92 Å². The molecule has 2 aromatic carbocycles. The van der Waals surface area contributed by atoms with Gasteiger partial charge in [0.05, 0.1) is 26.7 Å². The van der Waals surface area contributed by atoms with Crippen molar-refractivity contribution in [2.45, 2.75) is 69.2 Å². The number of benzene rings is 2. The fourth-order valence-corrected chi connectivity index (χ4v) is 4.40. The van der Waals surface area contributed by atoms with Gasteiger partial charge in [-0.15, -0.1) is 0 Å². The highest BCUT2D eigenvalue weighted by molar-refractivity contribution is 7.87. The molecule has 0 N–H and O–H groups in total. The van der Waals surface area contributed by atoms with Gasteiger partial charge in [0.1, 0.15) is 18.0 Å². The molecule has 1 aliphatic heterocycles. The number of hydrogen-bond acceptors (Lipinski definition) is 11. The van der Waals surface area contributed by atoms with E-state index in [1.807, 2.05) is 0 Å². The molecular formula is C27H29F3O11S. The van der Waals surface area contributed by atoms with E-state index in [1.54, 1.807) is 60.7 Å². The highest BCUT2D eigenvalue weighted by atomic mass is 32.2. The summed E-state index contributed by atoms with van der Waals surface area (Å²) in [7, 11) is -5.35. The summed E-state index contributed by atoms with van der Waals surface area (Å²) in [4.78, 5) is 36.8. The Kier molecular flexibility index (Phi) is 11.6. The minimum absolute atomic E-state index is 0.200. The molecular weight excluding hydrogens is 589 g/mol. The quantitative estimate of drug-likeness (QED) is 0.186. The van der Waals surface area contributed by atoms with Crippen LogP contribution in [0.2, 0.25) is 0 Å². The van der Waals surface area contributed by atoms with E-state index < -0.39 is 64.7 Å². The normalized spacial score (nSPS) is 22.7. The number of carbonyl (C=O) groups excluding carboxylic acids is 3. The Hall–Kier alpha value is -3.37. The fraction of sp³-hybridized carbons (Fsp3) is 0.444. The van der Waals surface area contributed by atoms with Gasteiger partial charge in [0.2, 0.25) is 6.29 Å². The molecule has 0 radical (unpaired) electrons. The predicted octanol–water partition coefficient (Wildman–Crippen LogP) is 3.20. The van der Waals surface area contributed by atoms with Crippen LogP contribution in [0.5, 0.6) is 0 Å². The van der Waals surface area contributed by atoms with Crippen LogP contribution in [-0.2, 0) is 65.6 Å². The number of carbonyl (C=O) groups is 3. The molecule has 1 heterocycles. The largest absolute Gasteiger partial charge is 0.523 e. The van der Waals surface area contributed by atoms with E-state index in [0.29, 0.717) is 11.1 Å². The van der Waals surface area contributed by atoms with Crippen molar-refractivity contribution in [3.63, 3.8) is 0 Å². The first-order valence-electron chi connectivity index (χ1n) is 12.5. The Morgan fingerprint density at radius 3 is 1.83 bits per heavy atom. The number of alkyl halides is 3. The van der Waals surface area contributed by atoms with Crippen LogP contribution in [0.3, 0.4) is 0 Å². The molecule has 5 atom stereocenters. The highest BCUT2D eigenvalue weighted by Gasteiger charge is 2.57. The molecule has 0 amide bonds. The zero-order chi connectivity index (χ0) is 30.9. The van der Waals surface area contributed by atoms with Gasteiger partial charge in [0.15, 0.2) is 12.2 Å². The van der Waals surface area contributed by atoms with E-state index in [4.69, 9.17) is 18.9 Å². The Morgan fingerprint density at radius 2 is 1.36 bits per heavy atom. The van der Waals surface area contributed by atoms with Crippen LogP contribution < -0.4 is 0 Å². The lowest BCUT2D eigenvalue weighted by molar-refractivity contribution is -0.296. The molecule has 0 saturated carbocycles. The Balaban J connectivity index is 2.05. The van der Waals surface area contributed by atoms with Crippen molar-refractivity contribution in [1.29, 1.82) is 0 Å². The molecule has 2 aromatic rings. The van der Waals surface area contributed by atoms with E-state index in [-0.39, 0.29) is 25.4 Å². The van der Waals surface area contributed by atoms with Crippen molar-refractivity contribution in [2.75, 3.05) is 7.11 Å². The van der Waals surface area contributed by atoms with E-state index >= 15 is 0 Å². The maximum Gasteiger partial charge on any atom is 0.523 e. The monoisotopic (exact) mass is 618 g/mol. The Morgan fingerprint density at radius 1 is 0.833 bits per heavy atom. The smallest absolute Gasteiger partial charge is 0.467 e. The minimum atomic E-state index is -6.28. The van der Waals surface area contributed by atoms with Gasteiger partial charge in [-0.2, -0.15) is 21.6 Å². The van der Waals surface area contributed by atoms with Crippen molar-refractivity contribution in [1.82, 2.24) is 0 Å². The van der Waals surface area contributed by atoms with E-state index in [9.17, 15) is 36.0 Å². The molecule has 0 aliphatic carbocycles. The number of ketones is 1. The summed E-state index contributed by atoms with van der Waals surface area (Å²) in [5.74, 6) is -2.53. The van der Waals surface area contributed by atoms with Crippen molar-refractivity contribution < 1.29 is 63.8 Å². The third kappa shape index (κ3) is 9.06. The van der Waals surface area contributed by atoms with Gasteiger partial charge in [-0.05, 0) is 18.1 Å². The lowest BCUT2D eigenvalue weighted by atomic mass is 9.97. The van der Waals surface area contributed by atoms with Crippen LogP contribution in [0.15, 0.2) is 60.7 Å². The van der Waals surface area contributed by atoms with Gasteiger partial charge in [-0.3, -0.25) is 4.79 Å². The van der Waals surface area contributed by atoms with Crippen LogP contribution in [0.25, 0.3) is 0 Å². The number of hydrogen-bond donors (Lipinski definition) is 0. The fourth-order valence-electron chi connectivity index (χ4n) is 3.89. The summed E-state index contributed by atoms with van der Waals surface area (Å²) in [6.07, 6.45) is -10.1. The number of esters is 2. The third-order valence-electron chi connectivity index (χ3n) is 5.95. The van der Waals surface area contributed by atoms with Gasteiger partial charge < -0.3 is 28.5 Å². The number of ether oxygens (including phenoxy) is 5. The molecule has 3 rings (SSSR count). The van der Waals surface area contributed by atoms with Crippen molar-refractivity contribution >= 4 is 27.8 Å². The molecule has 0 aromatic heterocycles. The second-order valence-corrected chi connectivity index (χ2v) is 10.7. The average molecular weight is 619 g/mol. The molecule has 42 heavy (non-hydrogen) atoms. The number of methoxy groups -OCH3 is 1. The second kappa shape index (κ2) is 14.7. The lowest BCUT2D eigenvalue weighted by Crippen LogP contribution is -2.63. The van der Waals surface area contributed by atoms with Gasteiger partial charge in [0, 0.05) is 6.42 Å². The van der Waals surface area contributed by atoms with Crippen molar-refractivity contribution in [3.05, 3.63) is 71.8 Å². The predicted molar refractivity (Wildman–Crippen MR) is 137 cm³/mol. The first kappa shape index (κ1) is 33.1. The number of rotatable bonds is 13. The van der Waals surface area contributed by atoms with E-state index in [0.717, 1.165) is 7.11 Å². The molecule has 0 unspecified atom stereocenters. The summed E-state index contributed by atoms with van der Waals surface area (Å²) in [6, 6.07) is 16.7. The molecule has 230 valence electrons. The average Bonchev–Trinajstić information content (AvgIpc) is 2.95. The number of Topliss-reactive ketones (excluding diaryl/α,β-unsaturated/α-hetero) is 1. The molecule has 1 saturated heterocycles. The molecule has 0 spiro atoms. The van der Waals surface area contributed by atoms with E-state index in [1.165, 1.54) is 6.92 Å².